The molecule has 1 aliphatic carbocycles. The molecule has 6 nitrogen and oxygen atoms in total. The molecule has 1 fully saturated rings. The molecule has 1 N–H and O–H groups in total. The van der Waals surface area contributed by atoms with Crippen LogP contribution in [0.3, 0.4) is 0 Å². The van der Waals surface area contributed by atoms with Gasteiger partial charge < -0.3 is 10.0 Å². The van der Waals surface area contributed by atoms with Crippen molar-refractivity contribution in [3.8, 4) is 0 Å². The van der Waals surface area contributed by atoms with Gasteiger partial charge in [0.2, 0.25) is 0 Å². The molecule has 122 valence electrons. The van der Waals surface area contributed by atoms with E-state index in [1.54, 1.807) is 4.90 Å². The topological polar surface area (TPSA) is 75.4 Å². The van der Waals surface area contributed by atoms with Crippen LogP contribution in [0.5, 0.6) is 0 Å². The number of aromatic nitrogens is 2. The molecule has 0 unspecified atom stereocenters. The van der Waals surface area contributed by atoms with Gasteiger partial charge in [0, 0.05) is 24.7 Å². The van der Waals surface area contributed by atoms with Crippen LogP contribution < -0.4 is 0 Å². The van der Waals surface area contributed by atoms with Crippen LogP contribution in [0.15, 0.2) is 6.07 Å². The third-order valence-electron chi connectivity index (χ3n) is 3.85. The summed E-state index contributed by atoms with van der Waals surface area (Å²) in [5.41, 5.74) is 1.36. The van der Waals surface area contributed by atoms with E-state index in [-0.39, 0.29) is 24.4 Å². The number of nitrogens with zero attached hydrogens (tertiary/aromatic N) is 3. The molecular weight excluding hydrogens is 282 g/mol. The number of rotatable bonds is 6. The van der Waals surface area contributed by atoms with Gasteiger partial charge in [0.25, 0.3) is 5.91 Å². The second-order valence-corrected chi connectivity index (χ2v) is 6.84. The van der Waals surface area contributed by atoms with Gasteiger partial charge in [0.1, 0.15) is 0 Å². The molecule has 1 saturated carbocycles. The highest BCUT2D eigenvalue weighted by Crippen LogP contribution is 2.41. The molecule has 1 heterocycles. The van der Waals surface area contributed by atoms with Crippen LogP contribution in [0.4, 0.5) is 0 Å². The number of carbonyl (C=O) groups is 2. The fourth-order valence-electron chi connectivity index (χ4n) is 2.50. The Morgan fingerprint density at radius 2 is 2.05 bits per heavy atom. The first-order valence-corrected chi connectivity index (χ1v) is 7.85. The summed E-state index contributed by atoms with van der Waals surface area (Å²) in [6, 6.07) is 1.88. The van der Waals surface area contributed by atoms with E-state index in [9.17, 15) is 9.59 Å². The zero-order valence-corrected chi connectivity index (χ0v) is 13.8. The first kappa shape index (κ1) is 16.5. The Labute approximate surface area is 131 Å². The molecule has 22 heavy (non-hydrogen) atoms. The van der Waals surface area contributed by atoms with Crippen LogP contribution in [0, 0.1) is 0 Å². The highest BCUT2D eigenvalue weighted by molar-refractivity contribution is 5.92. The largest absolute Gasteiger partial charge is 0.481 e. The molecule has 1 amide bonds. The maximum Gasteiger partial charge on any atom is 0.305 e. The van der Waals surface area contributed by atoms with E-state index in [0.717, 1.165) is 18.5 Å². The lowest BCUT2D eigenvalue weighted by Crippen LogP contribution is -2.33. The van der Waals surface area contributed by atoms with Crippen molar-refractivity contribution in [1.82, 2.24) is 14.7 Å². The summed E-state index contributed by atoms with van der Waals surface area (Å²) in [6.45, 7) is 8.76. The minimum absolute atomic E-state index is 0.0466. The average molecular weight is 307 g/mol. The second kappa shape index (κ2) is 6.10. The van der Waals surface area contributed by atoms with Crippen molar-refractivity contribution in [3.05, 3.63) is 17.5 Å². The Kier molecular flexibility index (Phi) is 4.58. The number of hydrogen-bond donors (Lipinski definition) is 1. The molecule has 0 saturated heterocycles. The monoisotopic (exact) mass is 307 g/mol. The Hall–Kier alpha value is -1.85. The first-order valence-electron chi connectivity index (χ1n) is 7.85. The number of aliphatic carboxylic acids is 1. The molecule has 0 spiro atoms. The maximum atomic E-state index is 12.6. The number of carbonyl (C=O) groups excluding carboxylic acids is 1. The third-order valence-corrected chi connectivity index (χ3v) is 3.85. The lowest BCUT2D eigenvalue weighted by Gasteiger charge is -2.22. The van der Waals surface area contributed by atoms with Gasteiger partial charge in [-0.1, -0.05) is 0 Å². The maximum absolute atomic E-state index is 12.6. The van der Waals surface area contributed by atoms with E-state index in [1.807, 2.05) is 17.7 Å². The summed E-state index contributed by atoms with van der Waals surface area (Å²) in [4.78, 5) is 24.8. The van der Waals surface area contributed by atoms with Crippen molar-refractivity contribution in [2.75, 3.05) is 13.1 Å². The van der Waals surface area contributed by atoms with Crippen LogP contribution >= 0.6 is 0 Å². The zero-order valence-electron chi connectivity index (χ0n) is 13.8. The molecule has 0 aromatic carbocycles. The molecule has 0 atom stereocenters. The van der Waals surface area contributed by atoms with Gasteiger partial charge in [-0.05, 0) is 46.6 Å². The highest BCUT2D eigenvalue weighted by atomic mass is 16.4. The predicted molar refractivity (Wildman–Crippen MR) is 83.0 cm³/mol. The van der Waals surface area contributed by atoms with Gasteiger partial charge in [-0.25, -0.2) is 0 Å². The normalized spacial score (nSPS) is 14.9. The minimum atomic E-state index is -0.898. The van der Waals surface area contributed by atoms with Crippen LogP contribution in [0.1, 0.15) is 69.1 Å². The molecule has 0 bridgehead atoms. The second-order valence-electron chi connectivity index (χ2n) is 6.84. The van der Waals surface area contributed by atoms with E-state index in [4.69, 9.17) is 5.11 Å². The third kappa shape index (κ3) is 3.67. The molecular formula is C16H25N3O3. The molecule has 0 aliphatic heterocycles. The molecule has 1 aromatic heterocycles. The van der Waals surface area contributed by atoms with Crippen molar-refractivity contribution < 1.29 is 14.7 Å². The van der Waals surface area contributed by atoms with E-state index in [1.165, 1.54) is 0 Å². The summed E-state index contributed by atoms with van der Waals surface area (Å²) < 4.78 is 1.95. The molecule has 1 aromatic rings. The lowest BCUT2D eigenvalue weighted by molar-refractivity contribution is -0.137. The van der Waals surface area contributed by atoms with Crippen LogP contribution in [-0.4, -0.2) is 44.8 Å². The smallest absolute Gasteiger partial charge is 0.305 e. The Morgan fingerprint density at radius 1 is 1.41 bits per heavy atom. The van der Waals surface area contributed by atoms with Crippen molar-refractivity contribution in [2.24, 2.45) is 0 Å². The van der Waals surface area contributed by atoms with Crippen LogP contribution in [0.25, 0.3) is 0 Å². The van der Waals surface area contributed by atoms with Crippen molar-refractivity contribution in [3.63, 3.8) is 0 Å². The molecule has 6 heteroatoms. The average Bonchev–Trinajstić information content (AvgIpc) is 3.16. The van der Waals surface area contributed by atoms with Gasteiger partial charge in [0.05, 0.1) is 12.0 Å². The lowest BCUT2D eigenvalue weighted by atomic mass is 10.1. The number of hydrogen-bond acceptors (Lipinski definition) is 3. The van der Waals surface area contributed by atoms with Crippen molar-refractivity contribution in [1.29, 1.82) is 0 Å². The highest BCUT2D eigenvalue weighted by Gasteiger charge is 2.33. The Balaban J connectivity index is 2.23. The zero-order chi connectivity index (χ0) is 16.5. The summed E-state index contributed by atoms with van der Waals surface area (Å²) in [5.74, 6) is -0.582. The Morgan fingerprint density at radius 3 is 2.50 bits per heavy atom. The van der Waals surface area contributed by atoms with E-state index in [0.29, 0.717) is 18.2 Å². The van der Waals surface area contributed by atoms with E-state index >= 15 is 0 Å². The first-order chi connectivity index (χ1) is 10.2. The number of amides is 1. The van der Waals surface area contributed by atoms with Crippen molar-refractivity contribution >= 4 is 11.9 Å². The van der Waals surface area contributed by atoms with E-state index < -0.39 is 5.97 Å². The van der Waals surface area contributed by atoms with Gasteiger partial charge in [-0.2, -0.15) is 5.10 Å². The summed E-state index contributed by atoms with van der Waals surface area (Å²) in [5, 5.41) is 13.3. The van der Waals surface area contributed by atoms with Crippen molar-refractivity contribution in [2.45, 2.75) is 58.4 Å². The predicted octanol–water partition coefficient (Wildman–Crippen LogP) is 2.45. The molecule has 0 radical (unpaired) electrons. The quantitative estimate of drug-likeness (QED) is 0.876. The minimum Gasteiger partial charge on any atom is -0.481 e. The summed E-state index contributed by atoms with van der Waals surface area (Å²) in [6.07, 6.45) is 2.24. The fourth-order valence-corrected chi connectivity index (χ4v) is 2.50. The number of carboxylic acid groups (broad SMARTS) is 1. The van der Waals surface area contributed by atoms with Crippen LogP contribution in [0.2, 0.25) is 0 Å². The van der Waals surface area contributed by atoms with Gasteiger partial charge in [-0.15, -0.1) is 0 Å². The van der Waals surface area contributed by atoms with Gasteiger partial charge in [0.15, 0.2) is 5.69 Å². The van der Waals surface area contributed by atoms with Gasteiger partial charge in [-0.3, -0.25) is 14.3 Å². The molecule has 1 aliphatic rings. The fraction of sp³-hybridized carbons (Fsp3) is 0.688. The van der Waals surface area contributed by atoms with Gasteiger partial charge >= 0.3 is 5.97 Å². The number of carboxylic acids is 1. The van der Waals surface area contributed by atoms with Crippen LogP contribution in [-0.2, 0) is 10.3 Å². The SMILES string of the molecule is CCN(CCC(=O)O)C(=O)c1cc(C2CC2)n(C(C)(C)C)n1. The van der Waals surface area contributed by atoms with E-state index in [2.05, 4.69) is 25.9 Å². The summed E-state index contributed by atoms with van der Waals surface area (Å²) >= 11 is 0. The molecule has 2 rings (SSSR count). The summed E-state index contributed by atoms with van der Waals surface area (Å²) in [7, 11) is 0. The Bertz CT molecular complexity index is 568. The standard InChI is InChI=1S/C16H25N3O3/c1-5-18(9-8-14(20)21)15(22)12-10-13(11-6-7-11)19(17-12)16(2,3)4/h10-11H,5-9H2,1-4H3,(H,20,21).